The van der Waals surface area contributed by atoms with E-state index >= 15 is 0 Å². The Morgan fingerprint density at radius 2 is 1.35 bits per heavy atom. The zero-order valence-electron chi connectivity index (χ0n) is 25.5. The third kappa shape index (κ3) is 4.32. The van der Waals surface area contributed by atoms with Gasteiger partial charge in [-0.3, -0.25) is 24.1 Å². The zero-order chi connectivity index (χ0) is 33.5. The van der Waals surface area contributed by atoms with Crippen molar-refractivity contribution in [2.24, 2.45) is 17.8 Å². The summed E-state index contributed by atoms with van der Waals surface area (Å²) < 4.78 is 19.3. The van der Waals surface area contributed by atoms with Crippen molar-refractivity contribution in [3.8, 4) is 5.75 Å². The van der Waals surface area contributed by atoms with E-state index in [-0.39, 0.29) is 30.2 Å². The Morgan fingerprint density at radius 1 is 0.750 bits per heavy atom. The number of fused-ring (bicyclic) bond motifs is 4. The number of hydrogen-bond acceptors (Lipinski definition) is 7. The van der Waals surface area contributed by atoms with Crippen molar-refractivity contribution in [3.05, 3.63) is 95.8 Å². The van der Waals surface area contributed by atoms with Crippen molar-refractivity contribution in [1.29, 1.82) is 0 Å². The van der Waals surface area contributed by atoms with Gasteiger partial charge in [0.05, 0.1) is 36.4 Å². The number of benzene rings is 3. The molecule has 0 aromatic heterocycles. The first-order valence-electron chi connectivity index (χ1n) is 15.9. The highest BCUT2D eigenvalue weighted by Crippen LogP contribution is 2.66. The fourth-order valence-electron chi connectivity index (χ4n) is 8.33. The summed E-state index contributed by atoms with van der Waals surface area (Å²) in [7, 11) is 0. The number of carbonyl (C=O) groups excluding carboxylic acids is 4. The maximum Gasteiger partial charge on any atom is 0.258 e. The van der Waals surface area contributed by atoms with Crippen molar-refractivity contribution in [3.63, 3.8) is 0 Å². The fraction of sp³-hybridized carbons (Fsp3) is 0.333. The minimum absolute atomic E-state index is 0.0156. The molecule has 8 rings (SSSR count). The molecule has 3 saturated heterocycles. The van der Waals surface area contributed by atoms with Gasteiger partial charge in [-0.25, -0.2) is 9.29 Å². The summed E-state index contributed by atoms with van der Waals surface area (Å²) in [4.78, 5) is 57.3. The lowest BCUT2D eigenvalue weighted by Gasteiger charge is -2.50. The van der Waals surface area contributed by atoms with Gasteiger partial charge in [0.25, 0.3) is 11.8 Å². The number of rotatable bonds is 4. The predicted octanol–water partition coefficient (Wildman–Crippen LogP) is 5.14. The summed E-state index contributed by atoms with van der Waals surface area (Å²) in [6, 6.07) is 18.3. The maximum atomic E-state index is 14.4. The van der Waals surface area contributed by atoms with E-state index in [2.05, 4.69) is 4.90 Å². The molecular formula is C36H30Cl2FN3O6. The Balaban J connectivity index is 1.20. The molecule has 0 unspecified atom stereocenters. The fourth-order valence-corrected chi connectivity index (χ4v) is 9.26. The molecule has 1 saturated carbocycles. The van der Waals surface area contributed by atoms with Gasteiger partial charge in [0.2, 0.25) is 11.8 Å². The van der Waals surface area contributed by atoms with Crippen molar-refractivity contribution >= 4 is 63.9 Å². The van der Waals surface area contributed by atoms with Gasteiger partial charge in [0.1, 0.15) is 11.6 Å². The number of phenols is 1. The monoisotopic (exact) mass is 689 g/mol. The highest BCUT2D eigenvalue weighted by Gasteiger charge is 2.76. The van der Waals surface area contributed by atoms with Gasteiger partial charge >= 0.3 is 0 Å². The number of anilines is 3. The first-order valence-corrected chi connectivity index (χ1v) is 16.6. The molecule has 3 aromatic rings. The Labute approximate surface area is 285 Å². The van der Waals surface area contributed by atoms with E-state index in [0.29, 0.717) is 30.0 Å². The number of nitrogens with zero attached hydrogens (tertiary/aromatic N) is 3. The van der Waals surface area contributed by atoms with Crippen LogP contribution in [-0.2, 0) is 23.9 Å². The molecule has 3 aromatic carbocycles. The highest BCUT2D eigenvalue weighted by atomic mass is 35.5. The molecule has 3 aliphatic heterocycles. The molecule has 6 atom stereocenters. The molecule has 0 bridgehead atoms. The van der Waals surface area contributed by atoms with Crippen LogP contribution in [0.3, 0.4) is 0 Å². The van der Waals surface area contributed by atoms with Crippen molar-refractivity contribution in [2.45, 2.75) is 28.5 Å². The minimum Gasteiger partial charge on any atom is -0.508 e. The van der Waals surface area contributed by atoms with Crippen LogP contribution < -0.4 is 14.7 Å². The Kier molecular flexibility index (Phi) is 7.21. The number of phenolic OH excluding ortho intramolecular Hbond substituents is 1. The van der Waals surface area contributed by atoms with E-state index in [1.165, 1.54) is 29.2 Å². The summed E-state index contributed by atoms with van der Waals surface area (Å²) in [6.07, 6.45) is 1.91. The molecule has 4 amide bonds. The average molecular weight is 691 g/mol. The van der Waals surface area contributed by atoms with E-state index in [1.54, 1.807) is 24.3 Å². The number of allylic oxidation sites excluding steroid dienone is 2. The smallest absolute Gasteiger partial charge is 0.258 e. The number of alkyl halides is 2. The molecule has 5 aliphatic rings. The van der Waals surface area contributed by atoms with E-state index in [1.807, 2.05) is 18.2 Å². The lowest BCUT2D eigenvalue weighted by atomic mass is 9.56. The third-order valence-corrected chi connectivity index (χ3v) is 12.0. The summed E-state index contributed by atoms with van der Waals surface area (Å²) >= 11 is 14.7. The van der Waals surface area contributed by atoms with Gasteiger partial charge in [-0.05, 0) is 85.0 Å². The van der Waals surface area contributed by atoms with Crippen molar-refractivity contribution in [2.75, 3.05) is 41.0 Å². The van der Waals surface area contributed by atoms with Gasteiger partial charge in [-0.15, -0.1) is 23.2 Å². The van der Waals surface area contributed by atoms with Crippen LogP contribution in [0.1, 0.15) is 24.3 Å². The van der Waals surface area contributed by atoms with Crippen molar-refractivity contribution in [1.82, 2.24) is 0 Å². The van der Waals surface area contributed by atoms with Gasteiger partial charge in [-0.2, -0.15) is 0 Å². The van der Waals surface area contributed by atoms with Crippen LogP contribution in [0.15, 0.2) is 84.4 Å². The molecule has 12 heteroatoms. The van der Waals surface area contributed by atoms with Gasteiger partial charge in [0.15, 0.2) is 9.75 Å². The van der Waals surface area contributed by atoms with E-state index in [0.717, 1.165) is 35.8 Å². The normalized spacial score (nSPS) is 31.5. The van der Waals surface area contributed by atoms with Crippen LogP contribution in [0.5, 0.6) is 5.75 Å². The first-order chi connectivity index (χ1) is 23.0. The van der Waals surface area contributed by atoms with E-state index in [4.69, 9.17) is 27.9 Å². The number of aromatic hydroxyl groups is 1. The van der Waals surface area contributed by atoms with Crippen LogP contribution in [0.2, 0.25) is 0 Å². The summed E-state index contributed by atoms with van der Waals surface area (Å²) in [5.41, 5.74) is 2.67. The number of halogens is 3. The molecule has 4 fully saturated rings. The first kappa shape index (κ1) is 31.0. The molecule has 246 valence electrons. The van der Waals surface area contributed by atoms with Crippen LogP contribution in [-0.4, -0.2) is 64.8 Å². The van der Waals surface area contributed by atoms with Gasteiger partial charge < -0.3 is 14.7 Å². The summed E-state index contributed by atoms with van der Waals surface area (Å²) in [5.74, 6) is -6.10. The van der Waals surface area contributed by atoms with Gasteiger partial charge in [-0.1, -0.05) is 23.8 Å². The SMILES string of the molecule is O=C1[C@H]2[C@H](CC=C3[C@H]2C[C@@]2(Cl)C(=O)N(c4ccc(F)cc4)C(=O)[C@@]2(Cl)[C@H]3c2ccc(O)cc2)C(=O)N1c1ccc(N2CCOCC2)cc1. The number of imide groups is 2. The standard InChI is InChI=1S/C36H30Cl2FN3O6/c37-35-19-28-26(13-14-27-29(28)32(45)41(31(27)44)23-9-7-22(8-10-23)40-15-17-48-18-16-40)30(20-1-11-25(43)12-2-20)36(35,38)34(47)42(33(35)46)24-5-3-21(39)4-6-24/h1-13,27-30,43H,14-19H2/t27-,28+,29-,30-,35+,36-/m0/s1. The second-order valence-corrected chi connectivity index (χ2v) is 14.2. The van der Waals surface area contributed by atoms with E-state index in [9.17, 15) is 28.7 Å². The van der Waals surface area contributed by atoms with Gasteiger partial charge in [0, 0.05) is 24.7 Å². The average Bonchev–Trinajstić information content (AvgIpc) is 3.44. The zero-order valence-corrected chi connectivity index (χ0v) is 27.0. The van der Waals surface area contributed by atoms with Crippen LogP contribution in [0.4, 0.5) is 21.5 Å². The van der Waals surface area contributed by atoms with Crippen molar-refractivity contribution < 1.29 is 33.4 Å². The molecule has 1 N–H and O–H groups in total. The predicted molar refractivity (Wildman–Crippen MR) is 177 cm³/mol. The molecule has 9 nitrogen and oxygen atoms in total. The highest BCUT2D eigenvalue weighted by molar-refractivity contribution is 6.58. The Hall–Kier alpha value is -4.25. The largest absolute Gasteiger partial charge is 0.508 e. The number of carbonyl (C=O) groups is 4. The molecule has 3 heterocycles. The third-order valence-electron chi connectivity index (χ3n) is 10.6. The number of morpholine rings is 1. The Morgan fingerprint density at radius 3 is 2.02 bits per heavy atom. The quantitative estimate of drug-likeness (QED) is 0.230. The summed E-state index contributed by atoms with van der Waals surface area (Å²) in [6.45, 7) is 2.73. The number of ether oxygens (including phenoxy) is 1. The topological polar surface area (TPSA) is 107 Å². The lowest BCUT2D eigenvalue weighted by molar-refractivity contribution is -0.125. The lowest BCUT2D eigenvalue weighted by Crippen LogP contribution is -2.60. The Bertz CT molecular complexity index is 1880. The summed E-state index contributed by atoms with van der Waals surface area (Å²) in [5, 5.41) is 10.1. The number of hydrogen-bond donors (Lipinski definition) is 1. The molecule has 0 radical (unpaired) electrons. The van der Waals surface area contributed by atoms with Crippen LogP contribution in [0, 0.1) is 23.6 Å². The van der Waals surface area contributed by atoms with Crippen LogP contribution in [0.25, 0.3) is 0 Å². The molecule has 48 heavy (non-hydrogen) atoms. The molecule has 0 spiro atoms. The maximum absolute atomic E-state index is 14.4. The molecule has 2 aliphatic carbocycles. The van der Waals surface area contributed by atoms with Crippen LogP contribution >= 0.6 is 23.2 Å². The second-order valence-electron chi connectivity index (χ2n) is 13.0. The molecular weight excluding hydrogens is 660 g/mol. The van der Waals surface area contributed by atoms with E-state index < -0.39 is 57.0 Å². The number of amides is 4. The minimum atomic E-state index is -2.03. The second kappa shape index (κ2) is 11.1.